The van der Waals surface area contributed by atoms with E-state index >= 15 is 0 Å². The van der Waals surface area contributed by atoms with E-state index in [-0.39, 0.29) is 12.7 Å². The molecule has 0 bridgehead atoms. The Balaban J connectivity index is 1.82. The SMILES string of the molecule is CNC1CC(CC(O)C2CC2)CN(CCO)C1. The van der Waals surface area contributed by atoms with Crippen molar-refractivity contribution in [1.29, 1.82) is 0 Å². The third-order valence-electron chi connectivity index (χ3n) is 4.18. The van der Waals surface area contributed by atoms with E-state index in [2.05, 4.69) is 10.2 Å². The fourth-order valence-corrected chi connectivity index (χ4v) is 3.02. The third-order valence-corrected chi connectivity index (χ3v) is 4.18. The molecule has 0 amide bonds. The molecule has 3 N–H and O–H groups in total. The molecule has 2 fully saturated rings. The van der Waals surface area contributed by atoms with Crippen molar-refractivity contribution in [1.82, 2.24) is 10.2 Å². The van der Waals surface area contributed by atoms with Gasteiger partial charge < -0.3 is 15.5 Å². The van der Waals surface area contributed by atoms with Gasteiger partial charge in [0, 0.05) is 25.7 Å². The molecule has 3 atom stereocenters. The van der Waals surface area contributed by atoms with Gasteiger partial charge in [-0.3, -0.25) is 4.90 Å². The largest absolute Gasteiger partial charge is 0.395 e. The van der Waals surface area contributed by atoms with Crippen LogP contribution >= 0.6 is 0 Å². The molecule has 4 heteroatoms. The first-order valence-corrected chi connectivity index (χ1v) is 6.91. The predicted molar refractivity (Wildman–Crippen MR) is 67.8 cm³/mol. The first kappa shape index (κ1) is 13.3. The Kier molecular flexibility index (Phi) is 4.79. The molecule has 1 saturated carbocycles. The third kappa shape index (κ3) is 3.91. The van der Waals surface area contributed by atoms with E-state index in [1.54, 1.807) is 0 Å². The van der Waals surface area contributed by atoms with Gasteiger partial charge in [-0.05, 0) is 44.6 Å². The molecule has 2 aliphatic rings. The quantitative estimate of drug-likeness (QED) is 0.616. The molecule has 2 rings (SSSR count). The number of nitrogens with one attached hydrogen (secondary N) is 1. The molecule has 0 spiro atoms. The van der Waals surface area contributed by atoms with Gasteiger partial charge in [-0.15, -0.1) is 0 Å². The lowest BCUT2D eigenvalue weighted by Gasteiger charge is -2.38. The average molecular weight is 242 g/mol. The maximum absolute atomic E-state index is 10.0. The van der Waals surface area contributed by atoms with Gasteiger partial charge in [-0.1, -0.05) is 0 Å². The number of likely N-dealkylation sites (tertiary alicyclic amines) is 1. The molecule has 0 radical (unpaired) electrons. The molecule has 1 aliphatic heterocycles. The zero-order valence-electron chi connectivity index (χ0n) is 10.8. The van der Waals surface area contributed by atoms with Crippen LogP contribution in [0.2, 0.25) is 0 Å². The molecule has 4 nitrogen and oxygen atoms in total. The second-order valence-electron chi connectivity index (χ2n) is 5.71. The minimum Gasteiger partial charge on any atom is -0.395 e. The summed E-state index contributed by atoms with van der Waals surface area (Å²) in [6.45, 7) is 3.04. The van der Waals surface area contributed by atoms with Crippen molar-refractivity contribution in [3.8, 4) is 0 Å². The number of nitrogens with zero attached hydrogens (tertiary/aromatic N) is 1. The summed E-state index contributed by atoms with van der Waals surface area (Å²) in [6, 6.07) is 0.506. The molecular weight excluding hydrogens is 216 g/mol. The van der Waals surface area contributed by atoms with Gasteiger partial charge in [0.25, 0.3) is 0 Å². The van der Waals surface area contributed by atoms with Crippen LogP contribution in [0.15, 0.2) is 0 Å². The van der Waals surface area contributed by atoms with Crippen LogP contribution < -0.4 is 5.32 Å². The number of rotatable bonds is 6. The van der Waals surface area contributed by atoms with Crippen molar-refractivity contribution >= 4 is 0 Å². The lowest BCUT2D eigenvalue weighted by atomic mass is 9.88. The topological polar surface area (TPSA) is 55.7 Å². The Bertz CT molecular complexity index is 233. The first-order chi connectivity index (χ1) is 8.22. The Labute approximate surface area is 104 Å². The summed E-state index contributed by atoms with van der Waals surface area (Å²) in [7, 11) is 2.00. The van der Waals surface area contributed by atoms with E-state index < -0.39 is 0 Å². The molecule has 1 saturated heterocycles. The van der Waals surface area contributed by atoms with E-state index in [1.807, 2.05) is 7.05 Å². The Morgan fingerprint density at radius 2 is 2.12 bits per heavy atom. The minimum absolute atomic E-state index is 0.0911. The van der Waals surface area contributed by atoms with Crippen molar-refractivity contribution in [2.24, 2.45) is 11.8 Å². The maximum Gasteiger partial charge on any atom is 0.0571 e. The van der Waals surface area contributed by atoms with Gasteiger partial charge in [-0.2, -0.15) is 0 Å². The van der Waals surface area contributed by atoms with Crippen molar-refractivity contribution in [3.63, 3.8) is 0 Å². The number of likely N-dealkylation sites (N-methyl/N-ethyl adjacent to an activating group) is 1. The number of piperidine rings is 1. The highest BCUT2D eigenvalue weighted by Gasteiger charge is 2.34. The second-order valence-corrected chi connectivity index (χ2v) is 5.71. The van der Waals surface area contributed by atoms with Crippen LogP contribution in [-0.4, -0.2) is 60.5 Å². The Hall–Kier alpha value is -0.160. The molecule has 0 aromatic rings. The zero-order valence-corrected chi connectivity index (χ0v) is 10.8. The van der Waals surface area contributed by atoms with Crippen LogP contribution in [0, 0.1) is 11.8 Å². The predicted octanol–water partition coefficient (Wildman–Crippen LogP) is 0.0496. The van der Waals surface area contributed by atoms with E-state index in [1.165, 1.54) is 12.8 Å². The lowest BCUT2D eigenvalue weighted by Crippen LogP contribution is -2.49. The summed E-state index contributed by atoms with van der Waals surface area (Å²) in [5, 5.41) is 22.4. The number of hydrogen-bond acceptors (Lipinski definition) is 4. The Morgan fingerprint density at radius 1 is 1.35 bits per heavy atom. The van der Waals surface area contributed by atoms with Gasteiger partial charge in [0.05, 0.1) is 12.7 Å². The standard InChI is InChI=1S/C13H26N2O2/c1-14-12-6-10(7-13(17)11-2-3-11)8-15(9-12)4-5-16/h10-14,16-17H,2-9H2,1H3. The normalized spacial score (nSPS) is 32.6. The van der Waals surface area contributed by atoms with Crippen molar-refractivity contribution in [2.75, 3.05) is 33.3 Å². The summed E-state index contributed by atoms with van der Waals surface area (Å²) >= 11 is 0. The van der Waals surface area contributed by atoms with Crippen LogP contribution in [0.4, 0.5) is 0 Å². The van der Waals surface area contributed by atoms with Crippen LogP contribution in [0.5, 0.6) is 0 Å². The molecule has 100 valence electrons. The van der Waals surface area contributed by atoms with Gasteiger partial charge in [0.2, 0.25) is 0 Å². The van der Waals surface area contributed by atoms with Gasteiger partial charge in [0.15, 0.2) is 0 Å². The number of β-amino-alcohol motifs (C(OH)–C–C–N with tert-alkyl or cyclic N) is 1. The number of hydrogen-bond donors (Lipinski definition) is 3. The van der Waals surface area contributed by atoms with Crippen LogP contribution in [-0.2, 0) is 0 Å². The monoisotopic (exact) mass is 242 g/mol. The van der Waals surface area contributed by atoms with E-state index in [4.69, 9.17) is 5.11 Å². The number of aliphatic hydroxyl groups is 2. The molecule has 1 heterocycles. The van der Waals surface area contributed by atoms with E-state index in [9.17, 15) is 5.11 Å². The first-order valence-electron chi connectivity index (χ1n) is 6.91. The van der Waals surface area contributed by atoms with Crippen LogP contribution in [0.25, 0.3) is 0 Å². The molecule has 1 aliphatic carbocycles. The van der Waals surface area contributed by atoms with Crippen molar-refractivity contribution in [3.05, 3.63) is 0 Å². The summed E-state index contributed by atoms with van der Waals surface area (Å²) in [6.07, 6.45) is 4.42. The fraction of sp³-hybridized carbons (Fsp3) is 1.00. The fourth-order valence-electron chi connectivity index (χ4n) is 3.02. The summed E-state index contributed by atoms with van der Waals surface area (Å²) in [4.78, 5) is 2.31. The van der Waals surface area contributed by atoms with Crippen LogP contribution in [0.1, 0.15) is 25.7 Å². The highest BCUT2D eigenvalue weighted by Crippen LogP contribution is 2.36. The Morgan fingerprint density at radius 3 is 2.71 bits per heavy atom. The van der Waals surface area contributed by atoms with Gasteiger partial charge >= 0.3 is 0 Å². The smallest absolute Gasteiger partial charge is 0.0571 e. The van der Waals surface area contributed by atoms with Crippen molar-refractivity contribution in [2.45, 2.75) is 37.8 Å². The highest BCUT2D eigenvalue weighted by atomic mass is 16.3. The maximum atomic E-state index is 10.0. The minimum atomic E-state index is -0.0911. The molecule has 3 unspecified atom stereocenters. The second kappa shape index (κ2) is 6.14. The molecular formula is C13H26N2O2. The van der Waals surface area contributed by atoms with E-state index in [0.717, 1.165) is 32.5 Å². The summed E-state index contributed by atoms with van der Waals surface area (Å²) in [5.74, 6) is 1.15. The lowest BCUT2D eigenvalue weighted by molar-refractivity contribution is 0.0688. The molecule has 0 aromatic carbocycles. The molecule has 17 heavy (non-hydrogen) atoms. The number of aliphatic hydroxyl groups excluding tert-OH is 2. The van der Waals surface area contributed by atoms with E-state index in [0.29, 0.717) is 17.9 Å². The highest BCUT2D eigenvalue weighted by molar-refractivity contribution is 4.87. The van der Waals surface area contributed by atoms with Gasteiger partial charge in [-0.25, -0.2) is 0 Å². The zero-order chi connectivity index (χ0) is 12.3. The van der Waals surface area contributed by atoms with Crippen molar-refractivity contribution < 1.29 is 10.2 Å². The summed E-state index contributed by atoms with van der Waals surface area (Å²) in [5.41, 5.74) is 0. The summed E-state index contributed by atoms with van der Waals surface area (Å²) < 4.78 is 0. The van der Waals surface area contributed by atoms with Crippen LogP contribution in [0.3, 0.4) is 0 Å². The molecule has 0 aromatic heterocycles. The average Bonchev–Trinajstić information content (AvgIpc) is 3.12. The van der Waals surface area contributed by atoms with Gasteiger partial charge in [0.1, 0.15) is 0 Å².